The molecule has 0 aromatic heterocycles. The SMILES string of the molecule is O=Cc1ccc(OCc2cc(F)cc([N+](=O)[O-])c2)c(F)c1. The highest BCUT2D eigenvalue weighted by Gasteiger charge is 2.11. The van der Waals surface area contributed by atoms with Crippen LogP contribution in [-0.4, -0.2) is 11.2 Å². The van der Waals surface area contributed by atoms with Crippen molar-refractivity contribution in [3.05, 3.63) is 69.3 Å². The lowest BCUT2D eigenvalue weighted by Crippen LogP contribution is -2.00. The molecule has 0 atom stereocenters. The van der Waals surface area contributed by atoms with E-state index >= 15 is 0 Å². The minimum Gasteiger partial charge on any atom is -0.486 e. The smallest absolute Gasteiger partial charge is 0.272 e. The van der Waals surface area contributed by atoms with Crippen LogP contribution in [0.2, 0.25) is 0 Å². The molecule has 0 aliphatic carbocycles. The molecule has 0 saturated carbocycles. The Morgan fingerprint density at radius 3 is 2.57 bits per heavy atom. The second-order valence-corrected chi connectivity index (χ2v) is 4.17. The van der Waals surface area contributed by atoms with Gasteiger partial charge in [-0.15, -0.1) is 0 Å². The van der Waals surface area contributed by atoms with Gasteiger partial charge < -0.3 is 4.74 Å². The van der Waals surface area contributed by atoms with Crippen molar-refractivity contribution in [3.8, 4) is 5.75 Å². The van der Waals surface area contributed by atoms with E-state index < -0.39 is 22.2 Å². The van der Waals surface area contributed by atoms with Crippen molar-refractivity contribution >= 4 is 12.0 Å². The average molecular weight is 293 g/mol. The third-order valence-corrected chi connectivity index (χ3v) is 2.64. The van der Waals surface area contributed by atoms with Crippen molar-refractivity contribution in [1.29, 1.82) is 0 Å². The molecule has 0 aliphatic heterocycles. The summed E-state index contributed by atoms with van der Waals surface area (Å²) >= 11 is 0. The highest BCUT2D eigenvalue weighted by atomic mass is 19.1. The van der Waals surface area contributed by atoms with Gasteiger partial charge >= 0.3 is 0 Å². The van der Waals surface area contributed by atoms with Gasteiger partial charge in [-0.05, 0) is 29.8 Å². The fraction of sp³-hybridized carbons (Fsp3) is 0.0714. The van der Waals surface area contributed by atoms with Gasteiger partial charge in [0.15, 0.2) is 11.6 Å². The Bertz CT molecular complexity index is 703. The van der Waals surface area contributed by atoms with Gasteiger partial charge in [-0.1, -0.05) is 0 Å². The number of nitro benzene ring substituents is 1. The van der Waals surface area contributed by atoms with Crippen LogP contribution in [0.1, 0.15) is 15.9 Å². The first-order valence-electron chi connectivity index (χ1n) is 5.81. The molecule has 108 valence electrons. The molecule has 7 heteroatoms. The molecular formula is C14H9F2NO4. The zero-order valence-electron chi connectivity index (χ0n) is 10.6. The van der Waals surface area contributed by atoms with Gasteiger partial charge in [0.1, 0.15) is 18.7 Å². The first-order chi connectivity index (χ1) is 9.99. The van der Waals surface area contributed by atoms with Gasteiger partial charge in [0.25, 0.3) is 5.69 Å². The first kappa shape index (κ1) is 14.6. The van der Waals surface area contributed by atoms with Gasteiger partial charge in [0.05, 0.1) is 11.0 Å². The van der Waals surface area contributed by atoms with Crippen molar-refractivity contribution in [2.45, 2.75) is 6.61 Å². The molecule has 2 aromatic rings. The number of aldehydes is 1. The van der Waals surface area contributed by atoms with Crippen LogP contribution in [0.4, 0.5) is 14.5 Å². The molecule has 5 nitrogen and oxygen atoms in total. The minimum atomic E-state index is -0.778. The number of carbonyl (C=O) groups excluding carboxylic acids is 1. The summed E-state index contributed by atoms with van der Waals surface area (Å²) in [4.78, 5) is 20.4. The second kappa shape index (κ2) is 6.08. The van der Waals surface area contributed by atoms with E-state index in [-0.39, 0.29) is 23.5 Å². The van der Waals surface area contributed by atoms with Crippen molar-refractivity contribution in [3.63, 3.8) is 0 Å². The molecule has 0 bridgehead atoms. The number of hydrogen-bond acceptors (Lipinski definition) is 4. The summed E-state index contributed by atoms with van der Waals surface area (Å²) in [5, 5.41) is 10.6. The Kier molecular flexibility index (Phi) is 4.22. The van der Waals surface area contributed by atoms with E-state index in [2.05, 4.69) is 0 Å². The summed E-state index contributed by atoms with van der Waals surface area (Å²) in [6, 6.07) is 6.59. The molecule has 0 radical (unpaired) electrons. The fourth-order valence-electron chi connectivity index (χ4n) is 1.69. The molecule has 0 fully saturated rings. The number of ether oxygens (including phenoxy) is 1. The van der Waals surface area contributed by atoms with E-state index in [9.17, 15) is 23.7 Å². The van der Waals surface area contributed by atoms with Crippen LogP contribution in [0.3, 0.4) is 0 Å². The monoisotopic (exact) mass is 293 g/mol. The molecule has 0 unspecified atom stereocenters. The largest absolute Gasteiger partial charge is 0.486 e. The number of nitrogens with zero attached hydrogens (tertiary/aromatic N) is 1. The normalized spacial score (nSPS) is 10.2. The summed E-state index contributed by atoms with van der Waals surface area (Å²) in [5.74, 6) is -1.66. The molecule has 21 heavy (non-hydrogen) atoms. The standard InChI is InChI=1S/C14H9F2NO4/c15-11-3-10(4-12(6-11)17(19)20)8-21-14-2-1-9(7-18)5-13(14)16/h1-7H,8H2. The third kappa shape index (κ3) is 3.59. The molecule has 0 aliphatic rings. The van der Waals surface area contributed by atoms with Crippen LogP contribution in [-0.2, 0) is 6.61 Å². The molecular weight excluding hydrogens is 284 g/mol. The van der Waals surface area contributed by atoms with E-state index in [0.717, 1.165) is 24.3 Å². The predicted octanol–water partition coefficient (Wildman–Crippen LogP) is 3.26. The number of hydrogen-bond donors (Lipinski definition) is 0. The van der Waals surface area contributed by atoms with Gasteiger partial charge in [-0.3, -0.25) is 14.9 Å². The zero-order valence-corrected chi connectivity index (χ0v) is 10.6. The Morgan fingerprint density at radius 1 is 1.19 bits per heavy atom. The van der Waals surface area contributed by atoms with Crippen LogP contribution >= 0.6 is 0 Å². The minimum absolute atomic E-state index is 0.132. The lowest BCUT2D eigenvalue weighted by Gasteiger charge is -2.07. The van der Waals surface area contributed by atoms with E-state index in [1.807, 2.05) is 0 Å². The number of halogens is 2. The van der Waals surface area contributed by atoms with E-state index in [1.165, 1.54) is 12.1 Å². The predicted molar refractivity (Wildman–Crippen MR) is 69.2 cm³/mol. The fourth-order valence-corrected chi connectivity index (χ4v) is 1.69. The Morgan fingerprint density at radius 2 is 1.95 bits per heavy atom. The van der Waals surface area contributed by atoms with E-state index in [0.29, 0.717) is 6.29 Å². The van der Waals surface area contributed by atoms with Crippen LogP contribution < -0.4 is 4.74 Å². The maximum Gasteiger partial charge on any atom is 0.272 e. The summed E-state index contributed by atoms with van der Waals surface area (Å²) in [5.41, 5.74) is -0.0628. The van der Waals surface area contributed by atoms with Gasteiger partial charge in [0, 0.05) is 11.6 Å². The summed E-state index contributed by atoms with van der Waals surface area (Å²) < 4.78 is 31.9. The average Bonchev–Trinajstić information content (AvgIpc) is 2.45. The quantitative estimate of drug-likeness (QED) is 0.482. The van der Waals surface area contributed by atoms with Crippen LogP contribution in [0.5, 0.6) is 5.75 Å². The molecule has 0 heterocycles. The first-order valence-corrected chi connectivity index (χ1v) is 5.81. The zero-order chi connectivity index (χ0) is 15.4. The number of benzene rings is 2. The number of rotatable bonds is 5. The van der Waals surface area contributed by atoms with Gasteiger partial charge in [-0.2, -0.15) is 0 Å². The third-order valence-electron chi connectivity index (χ3n) is 2.64. The van der Waals surface area contributed by atoms with Crippen molar-refractivity contribution < 1.29 is 23.2 Å². The molecule has 2 rings (SSSR count). The Hall–Kier alpha value is -2.83. The van der Waals surface area contributed by atoms with Gasteiger partial charge in [-0.25, -0.2) is 8.78 Å². The Balaban J connectivity index is 2.16. The van der Waals surface area contributed by atoms with Crippen LogP contribution in [0.25, 0.3) is 0 Å². The lowest BCUT2D eigenvalue weighted by molar-refractivity contribution is -0.385. The molecule has 0 N–H and O–H groups in total. The van der Waals surface area contributed by atoms with Crippen LogP contribution in [0, 0.1) is 21.7 Å². The maximum atomic E-state index is 13.6. The highest BCUT2D eigenvalue weighted by molar-refractivity contribution is 5.74. The maximum absolute atomic E-state index is 13.6. The van der Waals surface area contributed by atoms with Crippen molar-refractivity contribution in [2.75, 3.05) is 0 Å². The van der Waals surface area contributed by atoms with E-state index in [4.69, 9.17) is 4.74 Å². The summed E-state index contributed by atoms with van der Waals surface area (Å²) in [6.45, 7) is -0.240. The molecule has 0 spiro atoms. The lowest BCUT2D eigenvalue weighted by atomic mass is 10.2. The van der Waals surface area contributed by atoms with Crippen molar-refractivity contribution in [1.82, 2.24) is 0 Å². The van der Waals surface area contributed by atoms with Crippen molar-refractivity contribution in [2.24, 2.45) is 0 Å². The summed E-state index contributed by atoms with van der Waals surface area (Å²) in [7, 11) is 0. The van der Waals surface area contributed by atoms with Gasteiger partial charge in [0.2, 0.25) is 0 Å². The number of nitro groups is 1. The number of non-ortho nitro benzene ring substituents is 1. The van der Waals surface area contributed by atoms with E-state index in [1.54, 1.807) is 0 Å². The highest BCUT2D eigenvalue weighted by Crippen LogP contribution is 2.21. The molecule has 0 saturated heterocycles. The molecule has 0 amide bonds. The topological polar surface area (TPSA) is 69.4 Å². The van der Waals surface area contributed by atoms with Crippen LogP contribution in [0.15, 0.2) is 36.4 Å². The second-order valence-electron chi connectivity index (χ2n) is 4.17. The summed E-state index contributed by atoms with van der Waals surface area (Å²) in [6.07, 6.45) is 0.489. The Labute approximate surface area is 117 Å². The molecule has 2 aromatic carbocycles. The number of carbonyl (C=O) groups is 1.